The maximum Gasteiger partial charge on any atom is 0.0634 e. The van der Waals surface area contributed by atoms with Crippen LogP contribution in [0.4, 0.5) is 0 Å². The van der Waals surface area contributed by atoms with Crippen LogP contribution >= 0.6 is 0 Å². The molecule has 0 saturated carbocycles. The minimum Gasteiger partial charge on any atom is -0.296 e. The van der Waals surface area contributed by atoms with Crippen LogP contribution in [0.3, 0.4) is 0 Å². The summed E-state index contributed by atoms with van der Waals surface area (Å²) in [5.74, 6) is 0. The molecule has 2 N–H and O–H groups in total. The molecular weight excluding hydrogens is 232 g/mol. The lowest BCUT2D eigenvalue weighted by atomic mass is 10.1. The van der Waals surface area contributed by atoms with Crippen molar-refractivity contribution >= 4 is 0 Å². The third-order valence-corrected chi connectivity index (χ3v) is 3.15. The SMILES string of the molecule is CC(C)(NCc1ccccc1)NCc1ccccc1. The van der Waals surface area contributed by atoms with Crippen molar-refractivity contribution < 1.29 is 0 Å². The highest BCUT2D eigenvalue weighted by molar-refractivity contribution is 5.15. The van der Waals surface area contributed by atoms with E-state index in [-0.39, 0.29) is 5.66 Å². The molecule has 2 aromatic carbocycles. The summed E-state index contributed by atoms with van der Waals surface area (Å²) < 4.78 is 0. The summed E-state index contributed by atoms with van der Waals surface area (Å²) in [7, 11) is 0. The Bertz CT molecular complexity index is 432. The average Bonchev–Trinajstić information content (AvgIpc) is 2.46. The average molecular weight is 254 g/mol. The van der Waals surface area contributed by atoms with Gasteiger partial charge in [-0.15, -0.1) is 0 Å². The van der Waals surface area contributed by atoms with E-state index in [4.69, 9.17) is 0 Å². The number of hydrogen-bond acceptors (Lipinski definition) is 2. The lowest BCUT2D eigenvalue weighted by molar-refractivity contribution is 0.306. The molecule has 0 bridgehead atoms. The van der Waals surface area contributed by atoms with Gasteiger partial charge in [0.25, 0.3) is 0 Å². The summed E-state index contributed by atoms with van der Waals surface area (Å²) in [4.78, 5) is 0. The van der Waals surface area contributed by atoms with E-state index in [0.29, 0.717) is 0 Å². The van der Waals surface area contributed by atoms with E-state index in [9.17, 15) is 0 Å². The molecule has 0 spiro atoms. The highest BCUT2D eigenvalue weighted by Crippen LogP contribution is 2.05. The molecule has 0 unspecified atom stereocenters. The lowest BCUT2D eigenvalue weighted by Crippen LogP contribution is -2.51. The van der Waals surface area contributed by atoms with Crippen molar-refractivity contribution in [3.05, 3.63) is 71.8 Å². The van der Waals surface area contributed by atoms with Crippen LogP contribution < -0.4 is 10.6 Å². The van der Waals surface area contributed by atoms with Crippen molar-refractivity contribution in [2.75, 3.05) is 0 Å². The van der Waals surface area contributed by atoms with Crippen molar-refractivity contribution in [2.24, 2.45) is 0 Å². The quantitative estimate of drug-likeness (QED) is 0.773. The molecule has 19 heavy (non-hydrogen) atoms. The maximum atomic E-state index is 3.53. The zero-order chi connectivity index (χ0) is 13.6. The lowest BCUT2D eigenvalue weighted by Gasteiger charge is -2.28. The summed E-state index contributed by atoms with van der Waals surface area (Å²) in [6.45, 7) is 6.07. The maximum absolute atomic E-state index is 3.53. The first kappa shape index (κ1) is 13.8. The van der Waals surface area contributed by atoms with Crippen LogP contribution in [0.2, 0.25) is 0 Å². The Kier molecular flexibility index (Phi) is 4.72. The fourth-order valence-electron chi connectivity index (χ4n) is 1.90. The van der Waals surface area contributed by atoms with E-state index in [0.717, 1.165) is 13.1 Å². The van der Waals surface area contributed by atoms with Gasteiger partial charge in [-0.2, -0.15) is 0 Å². The fraction of sp³-hybridized carbons (Fsp3) is 0.294. The second-order valence-corrected chi connectivity index (χ2v) is 5.30. The van der Waals surface area contributed by atoms with Crippen LogP contribution in [0, 0.1) is 0 Å². The van der Waals surface area contributed by atoms with E-state index < -0.39 is 0 Å². The van der Waals surface area contributed by atoms with E-state index in [2.05, 4.69) is 73.0 Å². The first-order valence-electron chi connectivity index (χ1n) is 6.74. The largest absolute Gasteiger partial charge is 0.296 e. The molecule has 0 heterocycles. The van der Waals surface area contributed by atoms with Crippen LogP contribution in [-0.4, -0.2) is 5.66 Å². The number of rotatable bonds is 6. The number of nitrogens with one attached hydrogen (secondary N) is 2. The molecular formula is C17H22N2. The Morgan fingerprint density at radius 1 is 0.684 bits per heavy atom. The fourth-order valence-corrected chi connectivity index (χ4v) is 1.90. The topological polar surface area (TPSA) is 24.1 Å². The van der Waals surface area contributed by atoms with Gasteiger partial charge in [0, 0.05) is 13.1 Å². The molecule has 2 heteroatoms. The van der Waals surface area contributed by atoms with Gasteiger partial charge in [-0.3, -0.25) is 10.6 Å². The van der Waals surface area contributed by atoms with Crippen LogP contribution in [0.15, 0.2) is 60.7 Å². The molecule has 100 valence electrons. The Labute approximate surface area is 115 Å². The normalized spacial score (nSPS) is 11.5. The monoisotopic (exact) mass is 254 g/mol. The van der Waals surface area contributed by atoms with Gasteiger partial charge in [-0.05, 0) is 25.0 Å². The summed E-state index contributed by atoms with van der Waals surface area (Å²) in [6, 6.07) is 20.9. The molecule has 0 fully saturated rings. The number of hydrogen-bond donors (Lipinski definition) is 2. The summed E-state index contributed by atoms with van der Waals surface area (Å²) >= 11 is 0. The van der Waals surface area contributed by atoms with Gasteiger partial charge in [0.2, 0.25) is 0 Å². The van der Waals surface area contributed by atoms with Crippen LogP contribution in [-0.2, 0) is 13.1 Å². The Morgan fingerprint density at radius 3 is 1.42 bits per heavy atom. The standard InChI is InChI=1S/C17H22N2/c1-17(2,18-13-15-9-5-3-6-10-15)19-14-16-11-7-4-8-12-16/h3-12,18-19H,13-14H2,1-2H3. The van der Waals surface area contributed by atoms with Crippen molar-refractivity contribution in [3.63, 3.8) is 0 Å². The van der Waals surface area contributed by atoms with Crippen molar-refractivity contribution in [1.29, 1.82) is 0 Å². The Hall–Kier alpha value is -1.64. The molecule has 0 radical (unpaired) electrons. The summed E-state index contributed by atoms with van der Waals surface area (Å²) in [5.41, 5.74) is 2.51. The molecule has 0 aliphatic heterocycles. The van der Waals surface area contributed by atoms with E-state index in [1.54, 1.807) is 0 Å². The third-order valence-electron chi connectivity index (χ3n) is 3.15. The van der Waals surface area contributed by atoms with Gasteiger partial charge in [0.15, 0.2) is 0 Å². The van der Waals surface area contributed by atoms with Crippen LogP contribution in [0.25, 0.3) is 0 Å². The zero-order valence-corrected chi connectivity index (χ0v) is 11.7. The van der Waals surface area contributed by atoms with Crippen LogP contribution in [0.5, 0.6) is 0 Å². The minimum atomic E-state index is -0.0916. The smallest absolute Gasteiger partial charge is 0.0634 e. The van der Waals surface area contributed by atoms with E-state index in [1.807, 2.05) is 12.1 Å². The molecule has 0 saturated heterocycles. The molecule has 0 aromatic heterocycles. The van der Waals surface area contributed by atoms with E-state index >= 15 is 0 Å². The third kappa shape index (κ3) is 4.86. The summed E-state index contributed by atoms with van der Waals surface area (Å²) in [6.07, 6.45) is 0. The first-order chi connectivity index (χ1) is 9.16. The van der Waals surface area contributed by atoms with Gasteiger partial charge in [0.1, 0.15) is 0 Å². The molecule has 2 nitrogen and oxygen atoms in total. The predicted molar refractivity (Wildman–Crippen MR) is 80.6 cm³/mol. The molecule has 2 rings (SSSR count). The minimum absolute atomic E-state index is 0.0916. The van der Waals surface area contributed by atoms with Gasteiger partial charge < -0.3 is 0 Å². The highest BCUT2D eigenvalue weighted by atomic mass is 15.2. The Morgan fingerprint density at radius 2 is 1.05 bits per heavy atom. The highest BCUT2D eigenvalue weighted by Gasteiger charge is 2.15. The number of benzene rings is 2. The summed E-state index contributed by atoms with van der Waals surface area (Å²) in [5, 5.41) is 7.07. The van der Waals surface area contributed by atoms with E-state index in [1.165, 1.54) is 11.1 Å². The van der Waals surface area contributed by atoms with Crippen molar-refractivity contribution in [1.82, 2.24) is 10.6 Å². The van der Waals surface area contributed by atoms with Crippen molar-refractivity contribution in [3.8, 4) is 0 Å². The first-order valence-corrected chi connectivity index (χ1v) is 6.74. The predicted octanol–water partition coefficient (Wildman–Crippen LogP) is 3.30. The second kappa shape index (κ2) is 6.50. The van der Waals surface area contributed by atoms with Gasteiger partial charge in [-0.25, -0.2) is 0 Å². The molecule has 0 atom stereocenters. The molecule has 0 aliphatic carbocycles. The van der Waals surface area contributed by atoms with Crippen LogP contribution in [0.1, 0.15) is 25.0 Å². The van der Waals surface area contributed by atoms with Gasteiger partial charge in [-0.1, -0.05) is 60.7 Å². The molecule has 2 aromatic rings. The zero-order valence-electron chi connectivity index (χ0n) is 11.7. The molecule has 0 aliphatic rings. The second-order valence-electron chi connectivity index (χ2n) is 5.30. The molecule has 0 amide bonds. The van der Waals surface area contributed by atoms with Gasteiger partial charge in [0.05, 0.1) is 5.66 Å². The Balaban J connectivity index is 1.82. The van der Waals surface area contributed by atoms with Gasteiger partial charge >= 0.3 is 0 Å². The van der Waals surface area contributed by atoms with Crippen molar-refractivity contribution in [2.45, 2.75) is 32.6 Å².